The Hall–Kier alpha value is -0.940. The Morgan fingerprint density at radius 2 is 0.333 bits per heavy atom. The topological polar surface area (TPSA) is 27.7 Å². The Kier molecular flexibility index (Phi) is 84.9. The van der Waals surface area contributed by atoms with Crippen LogP contribution in [0.25, 0.3) is 0 Å². The van der Waals surface area contributed by atoms with Crippen molar-refractivity contribution in [3.8, 4) is 17.2 Å². The van der Waals surface area contributed by atoms with Gasteiger partial charge in [0.15, 0.2) is 11.5 Å². The van der Waals surface area contributed by atoms with Gasteiger partial charge in [0, 0.05) is 5.56 Å². The van der Waals surface area contributed by atoms with Crippen molar-refractivity contribution in [2.45, 2.75) is 549 Å². The van der Waals surface area contributed by atoms with E-state index in [1.165, 1.54) is 511 Å². The number of rotatable bonds is 89. The van der Waals surface area contributed by atoms with Gasteiger partial charge in [-0.05, 0) is 69.9 Å². The van der Waals surface area contributed by atoms with E-state index in [1.807, 2.05) is 0 Å². The lowest BCUT2D eigenvalue weighted by Gasteiger charge is -2.40. The SMILES string of the molecule is CCCCCCCCCCCCCCCCCC[N+](CCCCCCCCCCCCCCCCCC)(CCCCCCCCCCCCCCCCCC)Cc1cc(OCCCCCCCCCCCC)c(OCCCCCCCCCCCC)c(OCCCCCCCCCCCC)c1.[Br-]. The van der Waals surface area contributed by atoms with Crippen LogP contribution in [-0.2, 0) is 6.54 Å². The van der Waals surface area contributed by atoms with Crippen LogP contribution in [-0.4, -0.2) is 43.9 Å². The highest BCUT2D eigenvalue weighted by atomic mass is 79.9. The van der Waals surface area contributed by atoms with Gasteiger partial charge in [-0.15, -0.1) is 0 Å². The summed E-state index contributed by atoms with van der Waals surface area (Å²) in [6.07, 6.45) is 109. The maximum absolute atomic E-state index is 7.13. The molecule has 0 bridgehead atoms. The maximum atomic E-state index is 7.13. The molecule has 0 saturated heterocycles. The molecule has 0 spiro atoms. The Labute approximate surface area is 654 Å². The van der Waals surface area contributed by atoms with Gasteiger partial charge >= 0.3 is 0 Å². The molecule has 0 atom stereocenters. The molecular weight excluding hydrogens is 1310 g/mol. The van der Waals surface area contributed by atoms with Crippen molar-refractivity contribution >= 4 is 0 Å². The summed E-state index contributed by atoms with van der Waals surface area (Å²) in [5, 5.41) is 0. The molecule has 0 fully saturated rings. The monoisotopic (exact) mass is 1500 g/mol. The molecule has 5 heteroatoms. The van der Waals surface area contributed by atoms with Crippen LogP contribution in [0.5, 0.6) is 17.2 Å². The third kappa shape index (κ3) is 70.7. The highest BCUT2D eigenvalue weighted by molar-refractivity contribution is 5.54. The molecule has 0 saturated carbocycles. The summed E-state index contributed by atoms with van der Waals surface area (Å²) in [5.74, 6) is 2.87. The fourth-order valence-electron chi connectivity index (χ4n) is 16.3. The van der Waals surface area contributed by atoms with Crippen LogP contribution >= 0.6 is 0 Å². The van der Waals surface area contributed by atoms with E-state index in [9.17, 15) is 0 Å². The molecule has 0 N–H and O–H groups in total. The van der Waals surface area contributed by atoms with Crippen LogP contribution in [0.15, 0.2) is 12.1 Å². The molecule has 608 valence electrons. The average molecular weight is 1500 g/mol. The molecule has 1 aromatic carbocycles. The molecule has 0 radical (unpaired) electrons. The molecule has 0 amide bonds. The van der Waals surface area contributed by atoms with Gasteiger partial charge in [0.1, 0.15) is 6.54 Å². The summed E-state index contributed by atoms with van der Waals surface area (Å²) in [6.45, 7) is 21.3. The third-order valence-electron chi connectivity index (χ3n) is 23.3. The highest BCUT2D eigenvalue weighted by Crippen LogP contribution is 2.41. The third-order valence-corrected chi connectivity index (χ3v) is 23.3. The predicted octanol–water partition coefficient (Wildman–Crippen LogP) is 31.7. The molecule has 0 aromatic heterocycles. The second-order valence-electron chi connectivity index (χ2n) is 33.6. The summed E-state index contributed by atoms with van der Waals surface area (Å²) >= 11 is 0. The second kappa shape index (κ2) is 85.7. The van der Waals surface area contributed by atoms with Crippen molar-refractivity contribution in [1.29, 1.82) is 0 Å². The molecule has 1 aromatic rings. The first-order chi connectivity index (χ1) is 50.1. The summed E-state index contributed by atoms with van der Waals surface area (Å²) in [6, 6.07) is 5.00. The molecule has 0 unspecified atom stereocenters. The predicted molar refractivity (Wildman–Crippen MR) is 456 cm³/mol. The fraction of sp³-hybridized carbons (Fsp3) is 0.938. The summed E-state index contributed by atoms with van der Waals surface area (Å²) in [4.78, 5) is 0. The van der Waals surface area contributed by atoms with Gasteiger partial charge in [-0.1, -0.05) is 485 Å². The van der Waals surface area contributed by atoms with Crippen LogP contribution in [0.1, 0.15) is 548 Å². The number of quaternary nitrogens is 1. The van der Waals surface area contributed by atoms with Crippen molar-refractivity contribution < 1.29 is 35.7 Å². The normalized spacial score (nSPS) is 11.7. The Morgan fingerprint density at radius 3 is 0.510 bits per heavy atom. The van der Waals surface area contributed by atoms with Gasteiger partial charge in [-0.25, -0.2) is 0 Å². The quantitative estimate of drug-likeness (QED) is 0.0481. The smallest absolute Gasteiger partial charge is 0.203 e. The van der Waals surface area contributed by atoms with Gasteiger partial charge in [0.05, 0.1) is 39.5 Å². The molecule has 1 rings (SSSR count). The van der Waals surface area contributed by atoms with Crippen LogP contribution in [0.4, 0.5) is 0 Å². The summed E-state index contributed by atoms with van der Waals surface area (Å²) in [5.41, 5.74) is 1.44. The van der Waals surface area contributed by atoms with E-state index in [2.05, 4.69) is 53.7 Å². The van der Waals surface area contributed by atoms with Crippen LogP contribution in [0.2, 0.25) is 0 Å². The lowest BCUT2D eigenvalue weighted by Crippen LogP contribution is -3.00. The standard InChI is InChI=1S/C97H190NO3.BrH/c1-7-13-19-25-31-37-43-46-49-52-55-58-61-67-73-79-85-98(86-80-74-68-62-59-56-53-50-47-44-38-32-26-20-14-8-2,87-81-75-69-63-60-57-54-51-48-45-39-33-27-21-15-9-3)93-94-91-95(99-88-82-76-70-64-40-34-28-22-16-10-4)97(101-90-84-78-72-66-42-36-30-24-18-12-6)96(92-94)100-89-83-77-71-65-41-35-29-23-17-11-5;/h91-92H,7-90,93H2,1-6H3;1H/q+1;/p-1. The van der Waals surface area contributed by atoms with E-state index in [4.69, 9.17) is 14.2 Å². The molecule has 0 aliphatic carbocycles. The van der Waals surface area contributed by atoms with E-state index >= 15 is 0 Å². The van der Waals surface area contributed by atoms with Crippen molar-refractivity contribution in [1.82, 2.24) is 0 Å². The minimum Gasteiger partial charge on any atom is -1.00 e. The summed E-state index contributed by atoms with van der Waals surface area (Å²) in [7, 11) is 0. The zero-order valence-corrected chi connectivity index (χ0v) is 72.9. The first-order valence-corrected chi connectivity index (χ1v) is 48.0. The minimum atomic E-state index is 0. The van der Waals surface area contributed by atoms with E-state index in [1.54, 1.807) is 0 Å². The van der Waals surface area contributed by atoms with Crippen LogP contribution < -0.4 is 31.2 Å². The molecule has 0 heterocycles. The molecule has 0 aliphatic heterocycles. The molecular formula is C97H190BrNO3. The minimum absolute atomic E-state index is 0. The molecule has 4 nitrogen and oxygen atoms in total. The fourth-order valence-corrected chi connectivity index (χ4v) is 16.3. The summed E-state index contributed by atoms with van der Waals surface area (Å²) < 4.78 is 22.6. The maximum Gasteiger partial charge on any atom is 0.203 e. The van der Waals surface area contributed by atoms with Crippen molar-refractivity contribution in [2.75, 3.05) is 39.5 Å². The highest BCUT2D eigenvalue weighted by Gasteiger charge is 2.29. The first-order valence-electron chi connectivity index (χ1n) is 48.0. The Morgan fingerprint density at radius 1 is 0.186 bits per heavy atom. The zero-order chi connectivity index (χ0) is 72.4. The lowest BCUT2D eigenvalue weighted by atomic mass is 10.0. The van der Waals surface area contributed by atoms with Crippen LogP contribution in [0.3, 0.4) is 0 Å². The number of halogens is 1. The number of hydrogen-bond donors (Lipinski definition) is 0. The van der Waals surface area contributed by atoms with E-state index in [0.29, 0.717) is 0 Å². The number of nitrogens with zero attached hydrogens (tertiary/aromatic N) is 1. The Bertz CT molecular complexity index is 1570. The molecule has 102 heavy (non-hydrogen) atoms. The first kappa shape index (κ1) is 101. The lowest BCUT2D eigenvalue weighted by molar-refractivity contribution is -0.941. The molecule has 0 aliphatic rings. The van der Waals surface area contributed by atoms with Gasteiger partial charge in [0.2, 0.25) is 5.75 Å². The van der Waals surface area contributed by atoms with Crippen LogP contribution in [0, 0.1) is 0 Å². The van der Waals surface area contributed by atoms with Gasteiger partial charge in [0.25, 0.3) is 0 Å². The zero-order valence-electron chi connectivity index (χ0n) is 71.3. The number of ether oxygens (including phenoxy) is 3. The number of benzene rings is 1. The number of hydrogen-bond acceptors (Lipinski definition) is 3. The average Bonchev–Trinajstić information content (AvgIpc) is 0.807. The number of unbranched alkanes of at least 4 members (excludes halogenated alkanes) is 72. The van der Waals surface area contributed by atoms with Crippen molar-refractivity contribution in [2.24, 2.45) is 0 Å². The van der Waals surface area contributed by atoms with Crippen molar-refractivity contribution in [3.05, 3.63) is 17.7 Å². The van der Waals surface area contributed by atoms with Crippen molar-refractivity contribution in [3.63, 3.8) is 0 Å². The van der Waals surface area contributed by atoms with E-state index < -0.39 is 0 Å². The van der Waals surface area contributed by atoms with Gasteiger partial charge in [-0.2, -0.15) is 0 Å². The van der Waals surface area contributed by atoms with E-state index in [0.717, 1.165) is 62.9 Å². The largest absolute Gasteiger partial charge is 1.00 e. The van der Waals surface area contributed by atoms with Gasteiger partial charge in [-0.3, -0.25) is 0 Å². The van der Waals surface area contributed by atoms with E-state index in [-0.39, 0.29) is 17.0 Å². The Balaban J connectivity index is 0.000102. The second-order valence-corrected chi connectivity index (χ2v) is 33.6. The van der Waals surface area contributed by atoms with Gasteiger partial charge < -0.3 is 35.7 Å².